The predicted molar refractivity (Wildman–Crippen MR) is 66.2 cm³/mol. The number of aryl methyl sites for hydroxylation is 1. The van der Waals surface area contributed by atoms with Gasteiger partial charge < -0.3 is 20.5 Å². The molecule has 0 aliphatic heterocycles. The molecule has 18 heavy (non-hydrogen) atoms. The van der Waals surface area contributed by atoms with Crippen LogP contribution in [0.4, 0.5) is 10.6 Å². The SMILES string of the molecule is CCC(C)NC(=O)NCC(=O)Nc1cc(C)on1. The molecule has 1 rings (SSSR count). The molecule has 1 unspecified atom stereocenters. The van der Waals surface area contributed by atoms with Gasteiger partial charge >= 0.3 is 6.03 Å². The minimum Gasteiger partial charge on any atom is -0.360 e. The lowest BCUT2D eigenvalue weighted by atomic mass is 10.3. The van der Waals surface area contributed by atoms with Crippen LogP contribution in [0.2, 0.25) is 0 Å². The molecule has 1 aromatic heterocycles. The van der Waals surface area contributed by atoms with Crippen LogP contribution in [-0.4, -0.2) is 29.7 Å². The Kier molecular flexibility index (Phi) is 5.16. The van der Waals surface area contributed by atoms with Crippen molar-refractivity contribution < 1.29 is 14.1 Å². The molecular formula is C11H18N4O3. The van der Waals surface area contributed by atoms with E-state index in [1.165, 1.54) is 0 Å². The van der Waals surface area contributed by atoms with Gasteiger partial charge in [-0.1, -0.05) is 12.1 Å². The summed E-state index contributed by atoms with van der Waals surface area (Å²) in [5.74, 6) is 0.581. The summed E-state index contributed by atoms with van der Waals surface area (Å²) in [7, 11) is 0. The van der Waals surface area contributed by atoms with Crippen molar-refractivity contribution in [3.63, 3.8) is 0 Å². The van der Waals surface area contributed by atoms with E-state index in [-0.39, 0.29) is 24.5 Å². The fraction of sp³-hybridized carbons (Fsp3) is 0.545. The maximum absolute atomic E-state index is 11.4. The number of carbonyl (C=O) groups excluding carboxylic acids is 2. The van der Waals surface area contributed by atoms with E-state index in [9.17, 15) is 9.59 Å². The summed E-state index contributed by atoms with van der Waals surface area (Å²) in [6, 6.07) is 1.30. The molecule has 0 saturated heterocycles. The normalized spacial score (nSPS) is 11.7. The summed E-state index contributed by atoms with van der Waals surface area (Å²) in [5.41, 5.74) is 0. The van der Waals surface area contributed by atoms with Gasteiger partial charge in [-0.25, -0.2) is 4.79 Å². The van der Waals surface area contributed by atoms with Crippen molar-refractivity contribution >= 4 is 17.8 Å². The average Bonchev–Trinajstić information content (AvgIpc) is 2.72. The van der Waals surface area contributed by atoms with Crippen LogP contribution in [-0.2, 0) is 4.79 Å². The Bertz CT molecular complexity index is 416. The van der Waals surface area contributed by atoms with Gasteiger partial charge in [0.2, 0.25) is 5.91 Å². The van der Waals surface area contributed by atoms with Crippen molar-refractivity contribution in [3.8, 4) is 0 Å². The lowest BCUT2D eigenvalue weighted by Crippen LogP contribution is -2.43. The van der Waals surface area contributed by atoms with Crippen LogP contribution in [0, 0.1) is 6.92 Å². The summed E-state index contributed by atoms with van der Waals surface area (Å²) in [5, 5.41) is 11.3. The molecule has 3 N–H and O–H groups in total. The number of nitrogens with one attached hydrogen (secondary N) is 3. The van der Waals surface area contributed by atoms with Gasteiger partial charge in [-0.15, -0.1) is 0 Å². The molecule has 1 heterocycles. The van der Waals surface area contributed by atoms with E-state index in [0.717, 1.165) is 6.42 Å². The van der Waals surface area contributed by atoms with Crippen LogP contribution in [0.15, 0.2) is 10.6 Å². The highest BCUT2D eigenvalue weighted by Gasteiger charge is 2.09. The maximum atomic E-state index is 11.4. The number of rotatable bonds is 5. The Morgan fingerprint density at radius 2 is 2.22 bits per heavy atom. The topological polar surface area (TPSA) is 96.3 Å². The largest absolute Gasteiger partial charge is 0.360 e. The number of aromatic nitrogens is 1. The molecule has 1 aromatic rings. The lowest BCUT2D eigenvalue weighted by molar-refractivity contribution is -0.115. The molecule has 7 nitrogen and oxygen atoms in total. The molecule has 0 saturated carbocycles. The Labute approximate surface area is 105 Å². The van der Waals surface area contributed by atoms with Gasteiger partial charge in [0, 0.05) is 12.1 Å². The van der Waals surface area contributed by atoms with Crippen LogP contribution in [0.5, 0.6) is 0 Å². The zero-order valence-electron chi connectivity index (χ0n) is 10.7. The van der Waals surface area contributed by atoms with E-state index in [4.69, 9.17) is 4.52 Å². The summed E-state index contributed by atoms with van der Waals surface area (Å²) >= 11 is 0. The summed E-state index contributed by atoms with van der Waals surface area (Å²) in [6.45, 7) is 5.46. The Hall–Kier alpha value is -2.05. The monoisotopic (exact) mass is 254 g/mol. The second-order valence-corrected chi connectivity index (χ2v) is 4.01. The van der Waals surface area contributed by atoms with Crippen LogP contribution in [0.25, 0.3) is 0 Å². The zero-order valence-corrected chi connectivity index (χ0v) is 10.7. The van der Waals surface area contributed by atoms with Gasteiger partial charge in [0.15, 0.2) is 5.82 Å². The average molecular weight is 254 g/mol. The highest BCUT2D eigenvalue weighted by molar-refractivity contribution is 5.93. The Morgan fingerprint density at radius 3 is 2.78 bits per heavy atom. The van der Waals surface area contributed by atoms with E-state index < -0.39 is 0 Å². The second-order valence-electron chi connectivity index (χ2n) is 4.01. The third-order valence-corrected chi connectivity index (χ3v) is 2.29. The first-order chi connectivity index (χ1) is 8.51. The summed E-state index contributed by atoms with van der Waals surface area (Å²) in [4.78, 5) is 22.8. The predicted octanol–water partition coefficient (Wildman–Crippen LogP) is 1.02. The van der Waals surface area contributed by atoms with E-state index in [1.807, 2.05) is 13.8 Å². The Balaban J connectivity index is 2.27. The molecule has 7 heteroatoms. The first kappa shape index (κ1) is 14.0. The number of carbonyl (C=O) groups is 2. The van der Waals surface area contributed by atoms with Gasteiger partial charge in [-0.2, -0.15) is 0 Å². The minimum atomic E-state index is -0.365. The molecule has 100 valence electrons. The molecule has 0 aliphatic rings. The zero-order chi connectivity index (χ0) is 13.5. The lowest BCUT2D eigenvalue weighted by Gasteiger charge is -2.11. The van der Waals surface area contributed by atoms with Gasteiger partial charge in [-0.3, -0.25) is 4.79 Å². The van der Waals surface area contributed by atoms with Crippen LogP contribution >= 0.6 is 0 Å². The molecule has 1 atom stereocenters. The molecule has 0 spiro atoms. The second kappa shape index (κ2) is 6.63. The number of amides is 3. The van der Waals surface area contributed by atoms with Crippen molar-refractivity contribution in [3.05, 3.63) is 11.8 Å². The van der Waals surface area contributed by atoms with Crippen molar-refractivity contribution in [1.82, 2.24) is 15.8 Å². The van der Waals surface area contributed by atoms with Crippen LogP contribution < -0.4 is 16.0 Å². The van der Waals surface area contributed by atoms with E-state index in [0.29, 0.717) is 11.6 Å². The molecule has 0 fully saturated rings. The van der Waals surface area contributed by atoms with Gasteiger partial charge in [0.25, 0.3) is 0 Å². The van der Waals surface area contributed by atoms with Gasteiger partial charge in [0.1, 0.15) is 5.76 Å². The molecule has 0 radical (unpaired) electrons. The first-order valence-electron chi connectivity index (χ1n) is 5.78. The van der Waals surface area contributed by atoms with Gasteiger partial charge in [0.05, 0.1) is 6.54 Å². The fourth-order valence-corrected chi connectivity index (χ4v) is 1.15. The number of anilines is 1. The van der Waals surface area contributed by atoms with Crippen molar-refractivity contribution in [2.24, 2.45) is 0 Å². The summed E-state index contributed by atoms with van der Waals surface area (Å²) < 4.78 is 4.79. The van der Waals surface area contributed by atoms with E-state index in [2.05, 4.69) is 21.1 Å². The molecule has 0 aliphatic carbocycles. The fourth-order valence-electron chi connectivity index (χ4n) is 1.15. The number of hydrogen-bond donors (Lipinski definition) is 3. The van der Waals surface area contributed by atoms with Crippen LogP contribution in [0.3, 0.4) is 0 Å². The maximum Gasteiger partial charge on any atom is 0.315 e. The molecule has 0 bridgehead atoms. The quantitative estimate of drug-likeness (QED) is 0.730. The molecule has 3 amide bonds. The van der Waals surface area contributed by atoms with E-state index in [1.54, 1.807) is 13.0 Å². The number of hydrogen-bond acceptors (Lipinski definition) is 4. The van der Waals surface area contributed by atoms with Crippen molar-refractivity contribution in [1.29, 1.82) is 0 Å². The minimum absolute atomic E-state index is 0.0752. The van der Waals surface area contributed by atoms with E-state index >= 15 is 0 Å². The Morgan fingerprint density at radius 1 is 1.50 bits per heavy atom. The van der Waals surface area contributed by atoms with Crippen molar-refractivity contribution in [2.45, 2.75) is 33.2 Å². The third-order valence-electron chi connectivity index (χ3n) is 2.29. The van der Waals surface area contributed by atoms with Crippen LogP contribution in [0.1, 0.15) is 26.0 Å². The first-order valence-corrected chi connectivity index (χ1v) is 5.78. The van der Waals surface area contributed by atoms with Crippen molar-refractivity contribution in [2.75, 3.05) is 11.9 Å². The molecular weight excluding hydrogens is 236 g/mol. The smallest absolute Gasteiger partial charge is 0.315 e. The highest BCUT2D eigenvalue weighted by atomic mass is 16.5. The summed E-state index contributed by atoms with van der Waals surface area (Å²) in [6.07, 6.45) is 0.831. The molecule has 0 aromatic carbocycles. The third kappa shape index (κ3) is 4.86. The highest BCUT2D eigenvalue weighted by Crippen LogP contribution is 2.06. The number of urea groups is 1. The number of nitrogens with zero attached hydrogens (tertiary/aromatic N) is 1. The van der Waals surface area contributed by atoms with Gasteiger partial charge in [-0.05, 0) is 20.3 Å². The standard InChI is InChI=1S/C11H18N4O3/c1-4-7(2)13-11(17)12-6-10(16)14-9-5-8(3)18-15-9/h5,7H,4,6H2,1-3H3,(H2,12,13,17)(H,14,15,16).